The molecule has 6 heteroatoms. The van der Waals surface area contributed by atoms with Gasteiger partial charge in [-0.3, -0.25) is 14.3 Å². The van der Waals surface area contributed by atoms with E-state index in [2.05, 4.69) is 15.3 Å². The van der Waals surface area contributed by atoms with Crippen LogP contribution in [0.4, 0.5) is 5.69 Å². The Bertz CT molecular complexity index is 855. The van der Waals surface area contributed by atoms with E-state index in [9.17, 15) is 4.79 Å². The van der Waals surface area contributed by atoms with E-state index in [0.717, 1.165) is 17.2 Å². The fourth-order valence-corrected chi connectivity index (χ4v) is 2.80. The van der Waals surface area contributed by atoms with E-state index in [0.29, 0.717) is 12.1 Å². The molecule has 1 aromatic carbocycles. The Hall–Kier alpha value is -2.99. The first-order valence-electron chi connectivity index (χ1n) is 8.52. The molecule has 0 saturated carbocycles. The maximum Gasteiger partial charge on any atom is 0.242 e. The standard InChI is InChI=1S/C20H23N5O/c1-15-21-11-12-25(15)19-10-9-17(14-22-19)23-20(26)18(24(2)3)13-16-7-5-4-6-8-16/h4-12,14,18H,13H2,1-3H3,(H,23,26)/t18-/m1/s1. The molecular weight excluding hydrogens is 326 g/mol. The molecule has 0 aliphatic heterocycles. The Morgan fingerprint density at radius 1 is 1.15 bits per heavy atom. The van der Waals surface area contributed by atoms with Gasteiger partial charge in [-0.2, -0.15) is 0 Å². The average Bonchev–Trinajstić information content (AvgIpc) is 3.07. The van der Waals surface area contributed by atoms with Gasteiger partial charge in [0.25, 0.3) is 0 Å². The van der Waals surface area contributed by atoms with Crippen molar-refractivity contribution in [3.05, 3.63) is 72.4 Å². The average molecular weight is 349 g/mol. The molecule has 0 spiro atoms. The maximum absolute atomic E-state index is 12.7. The molecule has 2 heterocycles. The molecular formula is C20H23N5O. The van der Waals surface area contributed by atoms with Crippen LogP contribution in [0.3, 0.4) is 0 Å². The van der Waals surface area contributed by atoms with Crippen molar-refractivity contribution in [3.8, 4) is 5.82 Å². The van der Waals surface area contributed by atoms with Crippen LogP contribution in [0, 0.1) is 6.92 Å². The number of hydrogen-bond acceptors (Lipinski definition) is 4. The molecule has 134 valence electrons. The molecule has 26 heavy (non-hydrogen) atoms. The number of carbonyl (C=O) groups excluding carboxylic acids is 1. The lowest BCUT2D eigenvalue weighted by atomic mass is 10.0. The summed E-state index contributed by atoms with van der Waals surface area (Å²) in [6.07, 6.45) is 5.91. The van der Waals surface area contributed by atoms with Crippen LogP contribution in [0.5, 0.6) is 0 Å². The van der Waals surface area contributed by atoms with E-state index in [-0.39, 0.29) is 11.9 Å². The van der Waals surface area contributed by atoms with Gasteiger partial charge < -0.3 is 5.32 Å². The number of benzene rings is 1. The highest BCUT2D eigenvalue weighted by atomic mass is 16.2. The van der Waals surface area contributed by atoms with Crippen LogP contribution in [-0.4, -0.2) is 45.5 Å². The van der Waals surface area contributed by atoms with Crippen molar-refractivity contribution in [1.82, 2.24) is 19.4 Å². The molecule has 0 aliphatic carbocycles. The number of hydrogen-bond donors (Lipinski definition) is 1. The largest absolute Gasteiger partial charge is 0.323 e. The minimum atomic E-state index is -0.257. The second-order valence-electron chi connectivity index (χ2n) is 6.41. The zero-order chi connectivity index (χ0) is 18.5. The quantitative estimate of drug-likeness (QED) is 0.743. The molecule has 1 atom stereocenters. The number of aryl methyl sites for hydroxylation is 1. The van der Waals surface area contributed by atoms with Gasteiger partial charge in [-0.25, -0.2) is 9.97 Å². The lowest BCUT2D eigenvalue weighted by molar-refractivity contribution is -0.120. The predicted octanol–water partition coefficient (Wildman–Crippen LogP) is 2.69. The molecule has 1 N–H and O–H groups in total. The fraction of sp³-hybridized carbons (Fsp3) is 0.250. The monoisotopic (exact) mass is 349 g/mol. The Balaban J connectivity index is 1.70. The molecule has 0 unspecified atom stereocenters. The second kappa shape index (κ2) is 7.93. The highest BCUT2D eigenvalue weighted by Gasteiger charge is 2.21. The van der Waals surface area contributed by atoms with E-state index in [1.165, 1.54) is 0 Å². The fourth-order valence-electron chi connectivity index (χ4n) is 2.80. The van der Waals surface area contributed by atoms with Crippen molar-refractivity contribution in [3.63, 3.8) is 0 Å². The summed E-state index contributed by atoms with van der Waals surface area (Å²) in [5, 5.41) is 2.96. The molecule has 0 bridgehead atoms. The molecule has 1 amide bonds. The van der Waals surface area contributed by atoms with Crippen LogP contribution < -0.4 is 5.32 Å². The molecule has 0 fully saturated rings. The van der Waals surface area contributed by atoms with Gasteiger partial charge in [-0.05, 0) is 45.1 Å². The zero-order valence-corrected chi connectivity index (χ0v) is 15.3. The summed E-state index contributed by atoms with van der Waals surface area (Å²) in [4.78, 5) is 23.3. The Kier molecular flexibility index (Phi) is 5.43. The number of carbonyl (C=O) groups is 1. The van der Waals surface area contributed by atoms with Crippen molar-refractivity contribution in [2.45, 2.75) is 19.4 Å². The maximum atomic E-state index is 12.7. The number of pyridine rings is 1. The van der Waals surface area contributed by atoms with E-state index in [1.54, 1.807) is 12.4 Å². The van der Waals surface area contributed by atoms with Crippen LogP contribution in [0.1, 0.15) is 11.4 Å². The first-order chi connectivity index (χ1) is 12.5. The Labute approximate surface area is 153 Å². The topological polar surface area (TPSA) is 63.1 Å². The first kappa shape index (κ1) is 17.8. The third-order valence-electron chi connectivity index (χ3n) is 4.29. The molecule has 6 nitrogen and oxygen atoms in total. The van der Waals surface area contributed by atoms with E-state index < -0.39 is 0 Å². The minimum absolute atomic E-state index is 0.0489. The van der Waals surface area contributed by atoms with Crippen LogP contribution in [-0.2, 0) is 11.2 Å². The summed E-state index contributed by atoms with van der Waals surface area (Å²) in [6.45, 7) is 1.92. The number of aromatic nitrogens is 3. The third-order valence-corrected chi connectivity index (χ3v) is 4.29. The summed E-state index contributed by atoms with van der Waals surface area (Å²) < 4.78 is 1.89. The number of nitrogens with zero attached hydrogens (tertiary/aromatic N) is 4. The molecule has 3 aromatic rings. The van der Waals surface area contributed by atoms with Gasteiger partial charge in [0.1, 0.15) is 11.6 Å². The number of anilines is 1. The summed E-state index contributed by atoms with van der Waals surface area (Å²) in [5.74, 6) is 1.59. The van der Waals surface area contributed by atoms with E-state index in [1.807, 2.05) is 79.1 Å². The zero-order valence-electron chi connectivity index (χ0n) is 15.3. The normalized spacial score (nSPS) is 12.2. The number of rotatable bonds is 6. The Morgan fingerprint density at radius 2 is 1.92 bits per heavy atom. The second-order valence-corrected chi connectivity index (χ2v) is 6.41. The molecule has 2 aromatic heterocycles. The SMILES string of the molecule is Cc1nccn1-c1ccc(NC(=O)[C@@H](Cc2ccccc2)N(C)C)cn1. The van der Waals surface area contributed by atoms with Gasteiger partial charge in [-0.15, -0.1) is 0 Å². The Morgan fingerprint density at radius 3 is 2.50 bits per heavy atom. The van der Waals surface area contributed by atoms with Gasteiger partial charge in [-0.1, -0.05) is 30.3 Å². The highest BCUT2D eigenvalue weighted by molar-refractivity contribution is 5.94. The summed E-state index contributed by atoms with van der Waals surface area (Å²) in [7, 11) is 3.83. The summed E-state index contributed by atoms with van der Waals surface area (Å²) >= 11 is 0. The smallest absolute Gasteiger partial charge is 0.242 e. The van der Waals surface area contributed by atoms with Gasteiger partial charge in [0, 0.05) is 12.4 Å². The molecule has 0 aliphatic rings. The van der Waals surface area contributed by atoms with Crippen molar-refractivity contribution in [1.29, 1.82) is 0 Å². The van der Waals surface area contributed by atoms with Crippen LogP contribution in [0.15, 0.2) is 61.1 Å². The van der Waals surface area contributed by atoms with Crippen molar-refractivity contribution < 1.29 is 4.79 Å². The van der Waals surface area contributed by atoms with Gasteiger partial charge in [0.05, 0.1) is 17.9 Å². The van der Waals surface area contributed by atoms with Gasteiger partial charge in [0.2, 0.25) is 5.91 Å². The van der Waals surface area contributed by atoms with Crippen LogP contribution in [0.25, 0.3) is 5.82 Å². The molecule has 3 rings (SSSR count). The minimum Gasteiger partial charge on any atom is -0.323 e. The number of nitrogens with one attached hydrogen (secondary N) is 1. The molecule has 0 radical (unpaired) electrons. The summed E-state index contributed by atoms with van der Waals surface area (Å²) in [5.41, 5.74) is 1.81. The predicted molar refractivity (Wildman–Crippen MR) is 102 cm³/mol. The van der Waals surface area contributed by atoms with Crippen LogP contribution in [0.2, 0.25) is 0 Å². The van der Waals surface area contributed by atoms with Crippen molar-refractivity contribution in [2.24, 2.45) is 0 Å². The third kappa shape index (κ3) is 4.15. The van der Waals surface area contributed by atoms with Gasteiger partial charge in [0.15, 0.2) is 0 Å². The number of amides is 1. The van der Waals surface area contributed by atoms with E-state index in [4.69, 9.17) is 0 Å². The van der Waals surface area contributed by atoms with Crippen molar-refractivity contribution in [2.75, 3.05) is 19.4 Å². The highest BCUT2D eigenvalue weighted by Crippen LogP contribution is 2.14. The van der Waals surface area contributed by atoms with E-state index >= 15 is 0 Å². The van der Waals surface area contributed by atoms with Crippen molar-refractivity contribution >= 4 is 11.6 Å². The number of likely N-dealkylation sites (N-methyl/N-ethyl adjacent to an activating group) is 1. The summed E-state index contributed by atoms with van der Waals surface area (Å²) in [6, 6.07) is 13.5. The molecule has 0 saturated heterocycles. The first-order valence-corrected chi connectivity index (χ1v) is 8.52. The lowest BCUT2D eigenvalue weighted by Crippen LogP contribution is -2.41. The van der Waals surface area contributed by atoms with Crippen LogP contribution >= 0.6 is 0 Å². The number of imidazole rings is 1. The lowest BCUT2D eigenvalue weighted by Gasteiger charge is -2.23. The van der Waals surface area contributed by atoms with Gasteiger partial charge >= 0.3 is 0 Å².